The highest BCUT2D eigenvalue weighted by atomic mass is 35.5. The van der Waals surface area contributed by atoms with Crippen molar-refractivity contribution in [2.75, 3.05) is 18.4 Å². The van der Waals surface area contributed by atoms with Crippen LogP contribution in [0.5, 0.6) is 0 Å². The van der Waals surface area contributed by atoms with Gasteiger partial charge in [0, 0.05) is 27.6 Å². The lowest BCUT2D eigenvalue weighted by atomic mass is 10.0. The van der Waals surface area contributed by atoms with Crippen LogP contribution in [0.15, 0.2) is 29.6 Å². The zero-order valence-electron chi connectivity index (χ0n) is 12.8. The number of quaternary nitrogens is 1. The molecule has 5 heteroatoms. The number of fused-ring (bicyclic) bond motifs is 1. The molecule has 0 aliphatic carbocycles. The molecule has 0 saturated heterocycles. The second-order valence-electron chi connectivity index (χ2n) is 5.86. The number of hydrogen-bond donors (Lipinski definition) is 2. The van der Waals surface area contributed by atoms with Crippen molar-refractivity contribution in [3.63, 3.8) is 0 Å². The van der Waals surface area contributed by atoms with Crippen molar-refractivity contribution >= 4 is 34.5 Å². The van der Waals surface area contributed by atoms with E-state index < -0.39 is 0 Å². The van der Waals surface area contributed by atoms with Gasteiger partial charge in [0.2, 0.25) is 0 Å². The third kappa shape index (κ3) is 3.19. The first-order chi connectivity index (χ1) is 10.5. The second kappa shape index (κ2) is 6.41. The minimum absolute atomic E-state index is 0.0471. The molecule has 1 aromatic heterocycles. The number of halogens is 1. The number of carbonyl (C=O) groups is 1. The Labute approximate surface area is 139 Å². The van der Waals surface area contributed by atoms with Gasteiger partial charge in [0.25, 0.3) is 5.91 Å². The minimum Gasteiger partial charge on any atom is -0.321 e. The third-order valence-electron chi connectivity index (χ3n) is 4.39. The highest BCUT2D eigenvalue weighted by Gasteiger charge is 2.29. The van der Waals surface area contributed by atoms with Gasteiger partial charge in [-0.15, -0.1) is 11.3 Å². The molecule has 0 bridgehead atoms. The molecule has 2 N–H and O–H groups in total. The van der Waals surface area contributed by atoms with Crippen LogP contribution in [0.4, 0.5) is 5.69 Å². The molecule has 1 amide bonds. The SMILES string of the molecule is Cc1ccc(Cl)cc1NC(=O)C[NH+]1CCc2sccc2[C@@H]1C. The molecule has 1 aliphatic heterocycles. The number of amides is 1. The van der Waals surface area contributed by atoms with Crippen LogP contribution < -0.4 is 10.2 Å². The molecule has 116 valence electrons. The number of thiophene rings is 1. The summed E-state index contributed by atoms with van der Waals surface area (Å²) in [6, 6.07) is 8.14. The van der Waals surface area contributed by atoms with Crippen molar-refractivity contribution in [1.29, 1.82) is 0 Å². The lowest BCUT2D eigenvalue weighted by Crippen LogP contribution is -3.14. The first-order valence-electron chi connectivity index (χ1n) is 7.51. The quantitative estimate of drug-likeness (QED) is 0.888. The van der Waals surface area contributed by atoms with Crippen LogP contribution >= 0.6 is 22.9 Å². The largest absolute Gasteiger partial charge is 0.321 e. The zero-order chi connectivity index (χ0) is 15.7. The van der Waals surface area contributed by atoms with Gasteiger partial charge in [-0.25, -0.2) is 0 Å². The fraction of sp³-hybridized carbons (Fsp3) is 0.353. The maximum atomic E-state index is 12.4. The summed E-state index contributed by atoms with van der Waals surface area (Å²) in [6.45, 7) is 5.68. The molecular weight excluding hydrogens is 316 g/mol. The molecule has 0 saturated carbocycles. The number of carbonyl (C=O) groups excluding carboxylic acids is 1. The van der Waals surface area contributed by atoms with Crippen molar-refractivity contribution in [2.45, 2.75) is 26.3 Å². The first-order valence-corrected chi connectivity index (χ1v) is 8.77. The van der Waals surface area contributed by atoms with Gasteiger partial charge in [-0.05, 0) is 43.0 Å². The highest BCUT2D eigenvalue weighted by Crippen LogP contribution is 2.24. The van der Waals surface area contributed by atoms with Gasteiger partial charge in [0.1, 0.15) is 6.04 Å². The number of aryl methyl sites for hydroxylation is 1. The van der Waals surface area contributed by atoms with Gasteiger partial charge in [0.15, 0.2) is 6.54 Å². The zero-order valence-corrected chi connectivity index (χ0v) is 14.4. The molecule has 2 atom stereocenters. The third-order valence-corrected chi connectivity index (χ3v) is 5.62. The van der Waals surface area contributed by atoms with Gasteiger partial charge < -0.3 is 10.2 Å². The van der Waals surface area contributed by atoms with Crippen LogP contribution in [0.3, 0.4) is 0 Å². The summed E-state index contributed by atoms with van der Waals surface area (Å²) in [7, 11) is 0. The number of nitrogens with one attached hydrogen (secondary N) is 2. The van der Waals surface area contributed by atoms with Crippen LogP contribution in [-0.2, 0) is 11.2 Å². The summed E-state index contributed by atoms with van der Waals surface area (Å²) in [5.41, 5.74) is 3.23. The summed E-state index contributed by atoms with van der Waals surface area (Å²) in [4.78, 5) is 15.2. The summed E-state index contributed by atoms with van der Waals surface area (Å²) >= 11 is 7.83. The van der Waals surface area contributed by atoms with Gasteiger partial charge in [-0.2, -0.15) is 0 Å². The molecule has 22 heavy (non-hydrogen) atoms. The standard InChI is InChI=1S/C17H19ClN2OS/c1-11-3-4-13(18)9-15(11)19-17(21)10-20-7-5-16-14(12(20)2)6-8-22-16/h3-4,6,8-9,12H,5,7,10H2,1-2H3,(H,19,21)/p+1/t12-/m0/s1. The fourth-order valence-corrected chi connectivity index (χ4v) is 4.17. The normalized spacial score (nSPS) is 20.5. The van der Waals surface area contributed by atoms with E-state index in [0.717, 1.165) is 24.2 Å². The second-order valence-corrected chi connectivity index (χ2v) is 7.30. The Morgan fingerprint density at radius 2 is 2.27 bits per heavy atom. The monoisotopic (exact) mass is 335 g/mol. The van der Waals surface area contributed by atoms with Gasteiger partial charge >= 0.3 is 0 Å². The Hall–Kier alpha value is -1.36. The van der Waals surface area contributed by atoms with Crippen LogP contribution in [0.25, 0.3) is 0 Å². The highest BCUT2D eigenvalue weighted by molar-refractivity contribution is 7.10. The minimum atomic E-state index is 0.0471. The van der Waals surface area contributed by atoms with Crippen LogP contribution in [0.2, 0.25) is 5.02 Å². The Morgan fingerprint density at radius 1 is 1.45 bits per heavy atom. The molecule has 3 nitrogen and oxygen atoms in total. The van der Waals surface area contributed by atoms with Gasteiger partial charge in [0.05, 0.1) is 6.54 Å². The van der Waals surface area contributed by atoms with E-state index in [0.29, 0.717) is 17.6 Å². The molecule has 0 radical (unpaired) electrons. The lowest BCUT2D eigenvalue weighted by Gasteiger charge is -2.30. The summed E-state index contributed by atoms with van der Waals surface area (Å²) in [5.74, 6) is 0.0471. The molecule has 0 fully saturated rings. The van der Waals surface area contributed by atoms with Crippen LogP contribution in [-0.4, -0.2) is 19.0 Å². The maximum absolute atomic E-state index is 12.4. The Balaban J connectivity index is 1.66. The van der Waals surface area contributed by atoms with Crippen molar-refractivity contribution in [3.8, 4) is 0 Å². The van der Waals surface area contributed by atoms with E-state index in [2.05, 4.69) is 23.7 Å². The summed E-state index contributed by atoms with van der Waals surface area (Å²) in [5, 5.41) is 5.79. The molecule has 1 unspecified atom stereocenters. The van der Waals surface area contributed by atoms with Crippen molar-refractivity contribution in [3.05, 3.63) is 50.7 Å². The number of anilines is 1. The van der Waals surface area contributed by atoms with Gasteiger partial charge in [-0.3, -0.25) is 4.79 Å². The topological polar surface area (TPSA) is 33.5 Å². The Bertz CT molecular complexity index is 698. The van der Waals surface area contributed by atoms with E-state index in [-0.39, 0.29) is 5.91 Å². The summed E-state index contributed by atoms with van der Waals surface area (Å²) in [6.07, 6.45) is 1.07. The molecule has 1 aromatic carbocycles. The van der Waals surface area contributed by atoms with Crippen molar-refractivity contribution in [1.82, 2.24) is 0 Å². The van der Waals surface area contributed by atoms with E-state index in [4.69, 9.17) is 11.6 Å². The smallest absolute Gasteiger partial charge is 0.279 e. The average Bonchev–Trinajstić information content (AvgIpc) is 2.95. The first kappa shape index (κ1) is 15.5. The number of rotatable bonds is 3. The van der Waals surface area contributed by atoms with E-state index >= 15 is 0 Å². The molecule has 2 aromatic rings. The molecule has 0 spiro atoms. The van der Waals surface area contributed by atoms with Crippen molar-refractivity contribution < 1.29 is 9.69 Å². The van der Waals surface area contributed by atoms with E-state index in [1.54, 1.807) is 6.07 Å². The fourth-order valence-electron chi connectivity index (χ4n) is 3.02. The van der Waals surface area contributed by atoms with E-state index in [1.165, 1.54) is 15.3 Å². The molecule has 1 aliphatic rings. The molecule has 2 heterocycles. The Morgan fingerprint density at radius 3 is 3.09 bits per heavy atom. The van der Waals surface area contributed by atoms with Crippen LogP contribution in [0, 0.1) is 6.92 Å². The molecular formula is C17H20ClN2OS+. The number of hydrogen-bond acceptors (Lipinski definition) is 2. The lowest BCUT2D eigenvalue weighted by molar-refractivity contribution is -0.923. The predicted molar refractivity (Wildman–Crippen MR) is 92.0 cm³/mol. The summed E-state index contributed by atoms with van der Waals surface area (Å²) < 4.78 is 0. The van der Waals surface area contributed by atoms with Crippen molar-refractivity contribution in [2.24, 2.45) is 0 Å². The predicted octanol–water partition coefficient (Wildman–Crippen LogP) is 2.85. The average molecular weight is 336 g/mol. The number of benzene rings is 1. The molecule has 3 rings (SSSR count). The van der Waals surface area contributed by atoms with E-state index in [9.17, 15) is 4.79 Å². The van der Waals surface area contributed by atoms with Crippen LogP contribution in [0.1, 0.15) is 29.0 Å². The maximum Gasteiger partial charge on any atom is 0.279 e. The van der Waals surface area contributed by atoms with Gasteiger partial charge in [-0.1, -0.05) is 17.7 Å². The van der Waals surface area contributed by atoms with E-state index in [1.807, 2.05) is 30.4 Å². The Kier molecular flexibility index (Phi) is 4.52.